The molecule has 0 saturated heterocycles. The van der Waals surface area contributed by atoms with E-state index in [0.29, 0.717) is 22.5 Å². The predicted molar refractivity (Wildman–Crippen MR) is 114 cm³/mol. The molecule has 7 N–H and O–H groups in total. The van der Waals surface area contributed by atoms with E-state index in [9.17, 15) is 27.5 Å². The number of fused-ring (bicyclic) bond motifs is 1. The second-order valence-corrected chi connectivity index (χ2v) is 8.59. The third-order valence-electron chi connectivity index (χ3n) is 4.53. The summed E-state index contributed by atoms with van der Waals surface area (Å²) in [4.78, 5) is 11.4. The fourth-order valence-electron chi connectivity index (χ4n) is 3.19. The number of aliphatic hydroxyl groups is 1. The maximum absolute atomic E-state index is 11.9. The van der Waals surface area contributed by atoms with Crippen LogP contribution in [0.3, 0.4) is 0 Å². The van der Waals surface area contributed by atoms with Gasteiger partial charge in [0.05, 0.1) is 11.6 Å². The van der Waals surface area contributed by atoms with Crippen molar-refractivity contribution in [3.63, 3.8) is 0 Å². The normalized spacial score (nSPS) is 22.7. The molecule has 1 aromatic rings. The highest BCUT2D eigenvalue weighted by atomic mass is 32.2. The summed E-state index contributed by atoms with van der Waals surface area (Å²) in [5, 5.41) is 22.6. The lowest BCUT2D eigenvalue weighted by molar-refractivity contribution is -0.427. The maximum atomic E-state index is 11.9. The van der Waals surface area contributed by atoms with Gasteiger partial charge in [-0.3, -0.25) is 9.98 Å². The zero-order chi connectivity index (χ0) is 22.2. The summed E-state index contributed by atoms with van der Waals surface area (Å²) in [6.45, 7) is 0. The standard InChI is InChI=1S/C17H17N5O6S2/c1-22(24)12-6-9(18)2-3-11(12)20-21-17-14(30(26,27)28)5-8-4-10(29-25)7-13(23)15(8)16(17)19/h2-8,15H,1H3,(H6-,18,19,20,21,23,24,25,26,27,28)/p+1/t8-,15?/m0/s1. The van der Waals surface area contributed by atoms with Gasteiger partial charge >= 0.3 is 0 Å². The van der Waals surface area contributed by atoms with Gasteiger partial charge in [-0.2, -0.15) is 13.5 Å². The van der Waals surface area contributed by atoms with E-state index in [4.69, 9.17) is 11.1 Å². The van der Waals surface area contributed by atoms with E-state index in [-0.39, 0.29) is 27.8 Å². The molecule has 30 heavy (non-hydrogen) atoms. The Morgan fingerprint density at radius 1 is 1.33 bits per heavy atom. The molecule has 0 fully saturated rings. The highest BCUT2D eigenvalue weighted by Crippen LogP contribution is 2.38. The molecule has 0 amide bonds. The monoisotopic (exact) mass is 452 g/mol. The van der Waals surface area contributed by atoms with Crippen LogP contribution in [0.15, 0.2) is 57.1 Å². The largest absolute Gasteiger partial charge is 0.512 e. The molecule has 0 radical (unpaired) electrons. The predicted octanol–water partition coefficient (Wildman–Crippen LogP) is 2.66. The van der Waals surface area contributed by atoms with Crippen molar-refractivity contribution in [3.05, 3.63) is 56.9 Å². The van der Waals surface area contributed by atoms with Crippen LogP contribution in [0.1, 0.15) is 0 Å². The summed E-state index contributed by atoms with van der Waals surface area (Å²) in [5.41, 5.74) is 8.02. The molecule has 2 aliphatic carbocycles. The Morgan fingerprint density at radius 3 is 2.63 bits per heavy atom. The zero-order valence-electron chi connectivity index (χ0n) is 15.5. The number of benzene rings is 1. The smallest absolute Gasteiger partial charge is 0.296 e. The highest BCUT2D eigenvalue weighted by Gasteiger charge is 2.41. The van der Waals surface area contributed by atoms with Crippen molar-refractivity contribution in [2.75, 3.05) is 18.2 Å². The van der Waals surface area contributed by atoms with Crippen molar-refractivity contribution in [3.8, 4) is 0 Å². The van der Waals surface area contributed by atoms with Crippen LogP contribution in [0.5, 0.6) is 0 Å². The number of allylic oxidation sites excluding steroid dienone is 5. The minimum atomic E-state index is -4.78. The number of nitrogens with one attached hydrogen (secondary N) is 2. The number of anilines is 2. The molecule has 1 aromatic carbocycles. The van der Waals surface area contributed by atoms with Crippen LogP contribution in [0.4, 0.5) is 17.1 Å². The Kier molecular flexibility index (Phi) is 5.81. The van der Waals surface area contributed by atoms with Gasteiger partial charge in [-0.05, 0) is 18.2 Å². The van der Waals surface area contributed by atoms with Gasteiger partial charge in [-0.25, -0.2) is 0 Å². The lowest BCUT2D eigenvalue weighted by atomic mass is 9.77. The molecular weight excluding hydrogens is 434 g/mol. The van der Waals surface area contributed by atoms with Gasteiger partial charge in [0.1, 0.15) is 22.1 Å². The first-order valence-corrected chi connectivity index (χ1v) is 10.6. The number of hydrazone groups is 1. The van der Waals surface area contributed by atoms with Crippen LogP contribution in [-0.2, 0) is 10.1 Å². The van der Waals surface area contributed by atoms with Crippen LogP contribution >= 0.6 is 12.0 Å². The lowest BCUT2D eigenvalue weighted by Crippen LogP contribution is -2.38. The Bertz CT molecular complexity index is 1170. The van der Waals surface area contributed by atoms with Gasteiger partial charge in [0.25, 0.3) is 15.8 Å². The average Bonchev–Trinajstić information content (AvgIpc) is 2.66. The first-order valence-electron chi connectivity index (χ1n) is 8.39. The quantitative estimate of drug-likeness (QED) is 0.128. The molecule has 0 heterocycles. The van der Waals surface area contributed by atoms with Crippen molar-refractivity contribution >= 4 is 50.6 Å². The average molecular weight is 452 g/mol. The van der Waals surface area contributed by atoms with Crippen molar-refractivity contribution in [2.24, 2.45) is 16.9 Å². The van der Waals surface area contributed by atoms with E-state index >= 15 is 0 Å². The molecule has 0 spiro atoms. The fourth-order valence-corrected chi connectivity index (χ4v) is 4.31. The topological polar surface area (TPSA) is 189 Å². The van der Waals surface area contributed by atoms with Crippen molar-refractivity contribution in [2.45, 2.75) is 0 Å². The minimum absolute atomic E-state index is 0.116. The molecule has 13 heteroatoms. The van der Waals surface area contributed by atoms with E-state index in [0.717, 1.165) is 6.08 Å². The molecular formula is C17H18N5O6S2+. The van der Waals surface area contributed by atoms with Crippen LogP contribution < -0.4 is 11.2 Å². The van der Waals surface area contributed by atoms with Crippen LogP contribution in [-0.4, -0.2) is 45.9 Å². The molecule has 0 aromatic heterocycles. The van der Waals surface area contributed by atoms with E-state index < -0.39 is 32.6 Å². The summed E-state index contributed by atoms with van der Waals surface area (Å²) in [6.07, 6.45) is 3.85. The number of hydrogen-bond donors (Lipinski definition) is 6. The summed E-state index contributed by atoms with van der Waals surface area (Å²) < 4.78 is 43.3. The van der Waals surface area contributed by atoms with Gasteiger partial charge in [-0.15, -0.1) is 0 Å². The van der Waals surface area contributed by atoms with Crippen LogP contribution in [0.25, 0.3) is 0 Å². The number of aliphatic hydroxyl groups excluding tert-OH is 1. The summed E-state index contributed by atoms with van der Waals surface area (Å²) in [6, 6.07) is 4.32. The van der Waals surface area contributed by atoms with Crippen molar-refractivity contribution in [1.29, 1.82) is 5.41 Å². The number of hydrogen-bond acceptors (Lipinski definition) is 10. The molecule has 0 saturated carbocycles. The number of nitroso groups, excluding NO2 is 1. The lowest BCUT2D eigenvalue weighted by Gasteiger charge is -2.31. The first-order chi connectivity index (χ1) is 14.0. The van der Waals surface area contributed by atoms with Gasteiger partial charge in [0, 0.05) is 44.3 Å². The number of rotatable bonds is 5. The van der Waals surface area contributed by atoms with Crippen molar-refractivity contribution in [1.82, 2.24) is 0 Å². The Morgan fingerprint density at radius 2 is 2.03 bits per heavy atom. The van der Waals surface area contributed by atoms with E-state index in [1.54, 1.807) is 0 Å². The molecule has 158 valence electrons. The Hall–Kier alpha value is -3.00. The summed E-state index contributed by atoms with van der Waals surface area (Å²) >= 11 is 0.355. The van der Waals surface area contributed by atoms with Gasteiger partial charge in [0.15, 0.2) is 7.05 Å². The molecule has 0 bridgehead atoms. The second-order valence-electron chi connectivity index (χ2n) is 6.55. The number of nitrogens with zero attached hydrogens (tertiary/aromatic N) is 2. The van der Waals surface area contributed by atoms with Crippen molar-refractivity contribution < 1.29 is 27.4 Å². The molecule has 11 nitrogen and oxygen atoms in total. The molecule has 2 aliphatic rings. The Labute approximate surface area is 175 Å². The Balaban J connectivity index is 2.10. The van der Waals surface area contributed by atoms with Crippen LogP contribution in [0.2, 0.25) is 0 Å². The highest BCUT2D eigenvalue weighted by molar-refractivity contribution is 7.97. The molecule has 2 atom stereocenters. The summed E-state index contributed by atoms with van der Waals surface area (Å²) in [7, 11) is -3.55. The minimum Gasteiger partial charge on any atom is -0.512 e. The number of nitrogen functional groups attached to an aromatic ring is 1. The van der Waals surface area contributed by atoms with E-state index in [1.165, 1.54) is 37.4 Å². The third-order valence-corrected chi connectivity index (χ3v) is 5.88. The van der Waals surface area contributed by atoms with E-state index in [2.05, 4.69) is 10.5 Å². The second kappa shape index (κ2) is 8.02. The third kappa shape index (κ3) is 4.14. The molecule has 0 aliphatic heterocycles. The first kappa shape index (κ1) is 21.7. The molecule has 1 unspecified atom stereocenters. The van der Waals surface area contributed by atoms with E-state index in [1.807, 2.05) is 0 Å². The zero-order valence-corrected chi connectivity index (χ0v) is 17.1. The van der Waals surface area contributed by atoms with Gasteiger partial charge in [-0.1, -0.05) is 12.2 Å². The van der Waals surface area contributed by atoms with Gasteiger partial charge < -0.3 is 20.8 Å². The van der Waals surface area contributed by atoms with Gasteiger partial charge in [0.2, 0.25) is 0 Å². The molecule has 3 rings (SSSR count). The SMILES string of the molecule is C[N+](=O)c1cc(N)ccc1N/N=C1\C(=N)C2C(O)=CC(SO)=C[C@H]2C=C1S(=O)(=O)O. The fraction of sp³-hybridized carbons (Fsp3) is 0.176. The number of nitrogens with two attached hydrogens (primary N) is 1. The summed E-state index contributed by atoms with van der Waals surface area (Å²) in [5.74, 6) is -2.03. The van der Waals surface area contributed by atoms with Crippen LogP contribution in [0, 0.1) is 22.2 Å². The maximum Gasteiger partial charge on any atom is 0.296 e.